The summed E-state index contributed by atoms with van der Waals surface area (Å²) in [5.74, 6) is -0.726. The normalized spacial score (nSPS) is 13.7. The molecule has 0 aliphatic rings. The number of rotatable bonds is 4. The molecule has 0 heterocycles. The van der Waals surface area contributed by atoms with Gasteiger partial charge in [-0.25, -0.2) is 17.7 Å². The molecular formula is C21H31Cl3F2N2OS. The van der Waals surface area contributed by atoms with Gasteiger partial charge in [-0.1, -0.05) is 42.8 Å². The molecule has 2 rings (SSSR count). The van der Waals surface area contributed by atoms with Crippen LogP contribution in [0.1, 0.15) is 65.3 Å². The van der Waals surface area contributed by atoms with E-state index in [1.807, 2.05) is 20.8 Å². The molecule has 2 aromatic carbocycles. The second-order valence-electron chi connectivity index (χ2n) is 7.34. The van der Waals surface area contributed by atoms with Crippen LogP contribution in [-0.2, 0) is 11.0 Å². The van der Waals surface area contributed by atoms with Gasteiger partial charge < -0.3 is 5.73 Å². The standard InChI is InChI=1S/C12H17ClFNOS.C8H9ClFN.CH4.ClH/c1-8(15-17(16)12(2,3)4)10-6-5-9(13)7-11(10)14;1-5(11)7-3-2-6(9)4-8(7)10;;/h5-8,15H,1-4H3;2-5H,11H2,1H3;1H4;1H/t8-,17?;5-;;/m11../s1. The Morgan fingerprint density at radius 3 is 1.70 bits per heavy atom. The molecule has 30 heavy (non-hydrogen) atoms. The van der Waals surface area contributed by atoms with Crippen molar-refractivity contribution >= 4 is 46.6 Å². The summed E-state index contributed by atoms with van der Waals surface area (Å²) in [4.78, 5) is 0. The molecule has 1 unspecified atom stereocenters. The third kappa shape index (κ3) is 10.0. The lowest BCUT2D eigenvalue weighted by Crippen LogP contribution is -2.35. The van der Waals surface area contributed by atoms with Crippen LogP contribution in [0, 0.1) is 11.6 Å². The number of benzene rings is 2. The fourth-order valence-electron chi connectivity index (χ4n) is 2.12. The van der Waals surface area contributed by atoms with Gasteiger partial charge in [0.25, 0.3) is 0 Å². The molecule has 0 aromatic heterocycles. The third-order valence-corrected chi connectivity index (χ3v) is 5.87. The van der Waals surface area contributed by atoms with Crippen LogP contribution < -0.4 is 10.5 Å². The number of hydrogen-bond acceptors (Lipinski definition) is 2. The lowest BCUT2D eigenvalue weighted by molar-refractivity contribution is 0.572. The summed E-state index contributed by atoms with van der Waals surface area (Å²) in [6, 6.07) is 8.37. The zero-order valence-electron chi connectivity index (χ0n) is 16.9. The number of nitrogens with one attached hydrogen (secondary N) is 1. The first-order valence-corrected chi connectivity index (χ1v) is 10.6. The summed E-state index contributed by atoms with van der Waals surface area (Å²) in [7, 11) is -1.23. The molecule has 0 saturated heterocycles. The number of hydrogen-bond donors (Lipinski definition) is 2. The highest BCUT2D eigenvalue weighted by Gasteiger charge is 2.22. The van der Waals surface area contributed by atoms with E-state index < -0.39 is 11.0 Å². The maximum atomic E-state index is 13.6. The second kappa shape index (κ2) is 13.6. The molecule has 0 saturated carbocycles. The Labute approximate surface area is 197 Å². The summed E-state index contributed by atoms with van der Waals surface area (Å²) in [6.07, 6.45) is 0. The van der Waals surface area contributed by atoms with E-state index in [4.69, 9.17) is 28.9 Å². The maximum Gasteiger partial charge on any atom is 0.129 e. The van der Waals surface area contributed by atoms with Gasteiger partial charge in [0.2, 0.25) is 0 Å². The quantitative estimate of drug-likeness (QED) is 0.465. The van der Waals surface area contributed by atoms with Gasteiger partial charge in [-0.05, 0) is 58.9 Å². The molecule has 0 radical (unpaired) electrons. The van der Waals surface area contributed by atoms with Gasteiger partial charge in [0.15, 0.2) is 0 Å². The van der Waals surface area contributed by atoms with Crippen LogP contribution >= 0.6 is 35.6 Å². The molecule has 0 aliphatic heterocycles. The van der Waals surface area contributed by atoms with Crippen LogP contribution in [0.4, 0.5) is 8.78 Å². The Kier molecular flexibility index (Phi) is 14.3. The van der Waals surface area contributed by atoms with Crippen LogP contribution in [0.2, 0.25) is 10.0 Å². The average Bonchev–Trinajstić information content (AvgIpc) is 2.53. The van der Waals surface area contributed by atoms with E-state index in [-0.39, 0.29) is 48.3 Å². The van der Waals surface area contributed by atoms with Crippen molar-refractivity contribution in [1.29, 1.82) is 0 Å². The van der Waals surface area contributed by atoms with E-state index in [0.717, 1.165) is 0 Å². The summed E-state index contributed by atoms with van der Waals surface area (Å²) in [6.45, 7) is 9.09. The molecule has 3 nitrogen and oxygen atoms in total. The average molecular weight is 504 g/mol. The van der Waals surface area contributed by atoms with Gasteiger partial charge in [-0.3, -0.25) is 0 Å². The number of nitrogens with two attached hydrogens (primary N) is 1. The first-order valence-electron chi connectivity index (χ1n) is 8.66. The highest BCUT2D eigenvalue weighted by atomic mass is 35.5. The zero-order chi connectivity index (χ0) is 21.6. The van der Waals surface area contributed by atoms with Gasteiger partial charge in [0, 0.05) is 33.3 Å². The Hall–Kier alpha value is -0.760. The van der Waals surface area contributed by atoms with Crippen molar-refractivity contribution in [2.45, 2.75) is 58.9 Å². The van der Waals surface area contributed by atoms with Crippen molar-refractivity contribution in [3.05, 3.63) is 69.2 Å². The maximum absolute atomic E-state index is 13.6. The van der Waals surface area contributed by atoms with Crippen molar-refractivity contribution in [3.8, 4) is 0 Å². The molecule has 0 fully saturated rings. The summed E-state index contributed by atoms with van der Waals surface area (Å²) < 4.78 is 40.9. The minimum Gasteiger partial charge on any atom is -0.324 e. The van der Waals surface area contributed by atoms with Crippen LogP contribution in [0.3, 0.4) is 0 Å². The molecule has 3 N–H and O–H groups in total. The summed E-state index contributed by atoms with van der Waals surface area (Å²) in [5.41, 5.74) is 6.44. The number of halogens is 5. The fraction of sp³-hybridized carbons (Fsp3) is 0.429. The third-order valence-electron chi connectivity index (χ3n) is 3.72. The van der Waals surface area contributed by atoms with Crippen molar-refractivity contribution in [2.24, 2.45) is 5.73 Å². The summed E-state index contributed by atoms with van der Waals surface area (Å²) in [5, 5.41) is 0.752. The van der Waals surface area contributed by atoms with Gasteiger partial charge >= 0.3 is 0 Å². The Balaban J connectivity index is 0. The Morgan fingerprint density at radius 1 is 0.967 bits per heavy atom. The first-order chi connectivity index (χ1) is 12.8. The lowest BCUT2D eigenvalue weighted by atomic mass is 10.1. The van der Waals surface area contributed by atoms with Crippen LogP contribution in [0.15, 0.2) is 36.4 Å². The molecular weight excluding hydrogens is 473 g/mol. The molecule has 0 aliphatic carbocycles. The lowest BCUT2D eigenvalue weighted by Gasteiger charge is -2.22. The second-order valence-corrected chi connectivity index (χ2v) is 10.2. The molecule has 9 heteroatoms. The van der Waals surface area contributed by atoms with E-state index in [2.05, 4.69) is 4.72 Å². The predicted octanol–water partition coefficient (Wildman–Crippen LogP) is 7.15. The molecule has 0 spiro atoms. The van der Waals surface area contributed by atoms with Gasteiger partial charge in [0.1, 0.15) is 11.6 Å². The molecule has 3 atom stereocenters. The molecule has 0 amide bonds. The summed E-state index contributed by atoms with van der Waals surface area (Å²) >= 11 is 11.2. The highest BCUT2D eigenvalue weighted by Crippen LogP contribution is 2.22. The van der Waals surface area contributed by atoms with E-state index in [0.29, 0.717) is 21.2 Å². The first kappa shape index (κ1) is 31.4. The topological polar surface area (TPSA) is 55.1 Å². The van der Waals surface area contributed by atoms with Gasteiger partial charge in [0.05, 0.1) is 15.7 Å². The molecule has 2 aromatic rings. The van der Waals surface area contributed by atoms with E-state index >= 15 is 0 Å². The minimum absolute atomic E-state index is 0. The Bertz CT molecular complexity index is 830. The van der Waals surface area contributed by atoms with E-state index in [1.54, 1.807) is 38.1 Å². The van der Waals surface area contributed by atoms with Crippen molar-refractivity contribution in [2.75, 3.05) is 0 Å². The largest absolute Gasteiger partial charge is 0.324 e. The minimum atomic E-state index is -1.23. The SMILES string of the molecule is C.C[C@@H](N)c1ccc(Cl)cc1F.C[C@@H](NS(=O)C(C)(C)C)c1ccc(Cl)cc1F.Cl. The smallest absolute Gasteiger partial charge is 0.129 e. The van der Waals surface area contributed by atoms with Crippen LogP contribution in [0.25, 0.3) is 0 Å². The van der Waals surface area contributed by atoms with Crippen molar-refractivity contribution < 1.29 is 13.0 Å². The van der Waals surface area contributed by atoms with E-state index in [9.17, 15) is 13.0 Å². The Morgan fingerprint density at radius 2 is 1.37 bits per heavy atom. The predicted molar refractivity (Wildman–Crippen MR) is 129 cm³/mol. The molecule has 172 valence electrons. The van der Waals surface area contributed by atoms with E-state index in [1.165, 1.54) is 12.1 Å². The van der Waals surface area contributed by atoms with Gasteiger partial charge in [-0.2, -0.15) is 0 Å². The molecule has 0 bridgehead atoms. The highest BCUT2D eigenvalue weighted by molar-refractivity contribution is 7.84. The zero-order valence-corrected chi connectivity index (χ0v) is 20.1. The van der Waals surface area contributed by atoms with Crippen molar-refractivity contribution in [3.63, 3.8) is 0 Å². The van der Waals surface area contributed by atoms with Crippen LogP contribution in [0.5, 0.6) is 0 Å². The fourth-order valence-corrected chi connectivity index (χ4v) is 3.24. The van der Waals surface area contributed by atoms with Crippen LogP contribution in [-0.4, -0.2) is 8.96 Å². The monoisotopic (exact) mass is 502 g/mol. The van der Waals surface area contributed by atoms with Crippen molar-refractivity contribution in [1.82, 2.24) is 4.72 Å². The van der Waals surface area contributed by atoms with Gasteiger partial charge in [-0.15, -0.1) is 12.4 Å².